The molecule has 172 valence electrons. The summed E-state index contributed by atoms with van der Waals surface area (Å²) in [5, 5.41) is 18.1. The molecule has 0 spiro atoms. The van der Waals surface area contributed by atoms with E-state index in [1.807, 2.05) is 16.9 Å². The van der Waals surface area contributed by atoms with Gasteiger partial charge in [0, 0.05) is 41.8 Å². The fourth-order valence-corrected chi connectivity index (χ4v) is 4.55. The van der Waals surface area contributed by atoms with Crippen molar-refractivity contribution in [2.45, 2.75) is 46.6 Å². The highest BCUT2D eigenvalue weighted by atomic mass is 19.1. The summed E-state index contributed by atoms with van der Waals surface area (Å²) >= 11 is 0. The molecule has 1 aliphatic rings. The number of nitrogens with zero attached hydrogens (tertiary/aromatic N) is 6. The number of hydrogen-bond donors (Lipinski definition) is 0. The number of fused-ring (bicyclic) bond motifs is 1. The molecule has 0 saturated heterocycles. The minimum atomic E-state index is -0.300. The molecule has 3 aromatic heterocycles. The predicted molar refractivity (Wildman–Crippen MR) is 130 cm³/mol. The van der Waals surface area contributed by atoms with Gasteiger partial charge in [0.1, 0.15) is 5.82 Å². The molecular weight excluding hydrogens is 427 g/mol. The van der Waals surface area contributed by atoms with E-state index in [0.29, 0.717) is 5.56 Å². The number of nitriles is 1. The largest absolute Gasteiger partial charge is 0.272 e. The molecule has 1 aliphatic carbocycles. The third-order valence-electron chi connectivity index (χ3n) is 6.19. The Kier molecular flexibility index (Phi) is 5.52. The maximum atomic E-state index is 15.3. The van der Waals surface area contributed by atoms with Crippen LogP contribution in [-0.4, -0.2) is 24.4 Å². The van der Waals surface area contributed by atoms with Crippen LogP contribution >= 0.6 is 0 Å². The molecule has 0 amide bonds. The lowest BCUT2D eigenvalue weighted by molar-refractivity contribution is 0.325. The lowest BCUT2D eigenvalue weighted by atomic mass is 9.88. The number of rotatable bonds is 4. The number of benzene rings is 1. The second-order valence-corrected chi connectivity index (χ2v) is 10.1. The second kappa shape index (κ2) is 8.53. The van der Waals surface area contributed by atoms with Crippen LogP contribution in [0.4, 0.5) is 4.39 Å². The Morgan fingerprint density at radius 2 is 2.00 bits per heavy atom. The smallest absolute Gasteiger partial charge is 0.131 e. The number of hydrogen-bond acceptors (Lipinski definition) is 4. The van der Waals surface area contributed by atoms with Crippen LogP contribution in [0.5, 0.6) is 0 Å². The number of aromatic nitrogens is 5. The minimum Gasteiger partial charge on any atom is -0.272 e. The van der Waals surface area contributed by atoms with Crippen molar-refractivity contribution < 1.29 is 4.39 Å². The second-order valence-electron chi connectivity index (χ2n) is 10.1. The summed E-state index contributed by atoms with van der Waals surface area (Å²) in [5.74, 6) is -0.242. The van der Waals surface area contributed by atoms with Crippen LogP contribution in [-0.2, 0) is 6.54 Å². The zero-order chi connectivity index (χ0) is 23.9. The Morgan fingerprint density at radius 3 is 2.71 bits per heavy atom. The third kappa shape index (κ3) is 4.24. The lowest BCUT2D eigenvalue weighted by Gasteiger charge is -2.17. The molecule has 7 heteroatoms. The van der Waals surface area contributed by atoms with Crippen molar-refractivity contribution in [2.24, 2.45) is 11.3 Å². The van der Waals surface area contributed by atoms with Gasteiger partial charge in [-0.2, -0.15) is 15.5 Å². The van der Waals surface area contributed by atoms with Crippen molar-refractivity contribution in [1.29, 1.82) is 5.26 Å². The van der Waals surface area contributed by atoms with E-state index in [-0.39, 0.29) is 17.2 Å². The average Bonchev–Trinajstić information content (AvgIpc) is 3.45. The van der Waals surface area contributed by atoms with Crippen molar-refractivity contribution in [3.05, 3.63) is 66.8 Å². The Bertz CT molecular complexity index is 1430. The van der Waals surface area contributed by atoms with Crippen LogP contribution in [0.3, 0.4) is 0 Å². The maximum absolute atomic E-state index is 15.3. The highest BCUT2D eigenvalue weighted by Gasteiger charge is 2.21. The molecule has 6 nitrogen and oxygen atoms in total. The fraction of sp³-hybridized carbons (Fsp3) is 0.333. The normalized spacial score (nSPS) is 16.4. The van der Waals surface area contributed by atoms with E-state index in [1.54, 1.807) is 41.4 Å². The van der Waals surface area contributed by atoms with E-state index < -0.39 is 0 Å². The van der Waals surface area contributed by atoms with E-state index in [1.165, 1.54) is 0 Å². The highest BCUT2D eigenvalue weighted by molar-refractivity contribution is 5.89. The minimum absolute atomic E-state index is 0.0576. The van der Waals surface area contributed by atoms with Crippen molar-refractivity contribution in [1.82, 2.24) is 24.4 Å². The Balaban J connectivity index is 1.51. The molecule has 4 aromatic rings. The van der Waals surface area contributed by atoms with Crippen LogP contribution in [0, 0.1) is 28.5 Å². The van der Waals surface area contributed by atoms with Crippen molar-refractivity contribution in [3.63, 3.8) is 0 Å². The Labute approximate surface area is 198 Å². The standard InChI is InChI=1S/C27H27FN6/c1-27(2,3)17-33-16-21(14-31-33)22-9-8-20(12-24(22)28)23-15-32-34-11-10-30-25(26(23)34)19-6-4-18(13-29)5-7-19/h6,8-12,14-16,18H,4-5,7,17H2,1-3H3. The summed E-state index contributed by atoms with van der Waals surface area (Å²) in [5.41, 5.74) is 5.77. The Morgan fingerprint density at radius 1 is 1.15 bits per heavy atom. The molecule has 0 N–H and O–H groups in total. The van der Waals surface area contributed by atoms with Gasteiger partial charge >= 0.3 is 0 Å². The molecule has 34 heavy (non-hydrogen) atoms. The van der Waals surface area contributed by atoms with Gasteiger partial charge in [0.2, 0.25) is 0 Å². The molecule has 0 aliphatic heterocycles. The van der Waals surface area contributed by atoms with Crippen LogP contribution in [0.1, 0.15) is 45.7 Å². The fourth-order valence-electron chi connectivity index (χ4n) is 4.55. The van der Waals surface area contributed by atoms with Gasteiger partial charge in [-0.25, -0.2) is 8.91 Å². The third-order valence-corrected chi connectivity index (χ3v) is 6.19. The monoisotopic (exact) mass is 454 g/mol. The van der Waals surface area contributed by atoms with Crippen molar-refractivity contribution in [2.75, 3.05) is 0 Å². The molecule has 1 atom stereocenters. The summed E-state index contributed by atoms with van der Waals surface area (Å²) in [6.45, 7) is 7.20. The molecule has 3 heterocycles. The van der Waals surface area contributed by atoms with Crippen LogP contribution in [0.15, 0.2) is 55.3 Å². The van der Waals surface area contributed by atoms with Gasteiger partial charge in [-0.3, -0.25) is 9.67 Å². The summed E-state index contributed by atoms with van der Waals surface area (Å²) < 4.78 is 18.9. The van der Waals surface area contributed by atoms with E-state index in [9.17, 15) is 5.26 Å². The van der Waals surface area contributed by atoms with Gasteiger partial charge in [-0.05, 0) is 41.9 Å². The number of halogens is 1. The Hall–Kier alpha value is -3.79. The van der Waals surface area contributed by atoms with E-state index >= 15 is 4.39 Å². The molecule has 5 rings (SSSR count). The first-order valence-corrected chi connectivity index (χ1v) is 11.6. The van der Waals surface area contributed by atoms with Gasteiger partial charge in [0.05, 0.1) is 35.6 Å². The van der Waals surface area contributed by atoms with E-state index in [2.05, 4.69) is 48.1 Å². The summed E-state index contributed by atoms with van der Waals surface area (Å²) in [6, 6.07) is 7.64. The van der Waals surface area contributed by atoms with Gasteiger partial charge < -0.3 is 0 Å². The van der Waals surface area contributed by atoms with Gasteiger partial charge in [0.15, 0.2) is 0 Å². The number of allylic oxidation sites excluding steroid dienone is 2. The highest BCUT2D eigenvalue weighted by Crippen LogP contribution is 2.36. The summed E-state index contributed by atoms with van der Waals surface area (Å²) in [6.07, 6.45) is 13.4. The van der Waals surface area contributed by atoms with Gasteiger partial charge in [-0.15, -0.1) is 0 Å². The summed E-state index contributed by atoms with van der Waals surface area (Å²) in [4.78, 5) is 4.64. The van der Waals surface area contributed by atoms with Crippen molar-refractivity contribution >= 4 is 11.1 Å². The SMILES string of the molecule is CC(C)(C)Cn1cc(-c2ccc(-c3cnn4ccnc(C5=CCC(C#N)CC5)c34)cc2F)cn1. The molecular formula is C27H27FN6. The quantitative estimate of drug-likeness (QED) is 0.371. The van der Waals surface area contributed by atoms with Crippen LogP contribution in [0.25, 0.3) is 33.3 Å². The summed E-state index contributed by atoms with van der Waals surface area (Å²) in [7, 11) is 0. The van der Waals surface area contributed by atoms with Crippen LogP contribution < -0.4 is 0 Å². The topological polar surface area (TPSA) is 71.8 Å². The van der Waals surface area contributed by atoms with Crippen LogP contribution in [0.2, 0.25) is 0 Å². The molecule has 0 fully saturated rings. The zero-order valence-electron chi connectivity index (χ0n) is 19.7. The maximum Gasteiger partial charge on any atom is 0.131 e. The van der Waals surface area contributed by atoms with E-state index in [4.69, 9.17) is 0 Å². The van der Waals surface area contributed by atoms with Gasteiger partial charge in [0.25, 0.3) is 0 Å². The predicted octanol–water partition coefficient (Wildman–Crippen LogP) is 6.15. The average molecular weight is 455 g/mol. The zero-order valence-corrected chi connectivity index (χ0v) is 19.7. The molecule has 0 radical (unpaired) electrons. The first-order valence-electron chi connectivity index (χ1n) is 11.6. The van der Waals surface area contributed by atoms with Crippen molar-refractivity contribution in [3.8, 4) is 28.3 Å². The lowest BCUT2D eigenvalue weighted by Crippen LogP contribution is -2.15. The van der Waals surface area contributed by atoms with E-state index in [0.717, 1.165) is 59.3 Å². The first kappa shape index (κ1) is 22.0. The molecule has 1 unspecified atom stereocenters. The molecule has 1 aromatic carbocycles. The van der Waals surface area contributed by atoms with Gasteiger partial charge in [-0.1, -0.05) is 39.0 Å². The first-order chi connectivity index (χ1) is 16.3. The molecule has 0 bridgehead atoms. The molecule has 0 saturated carbocycles.